The van der Waals surface area contributed by atoms with Gasteiger partial charge < -0.3 is 4.74 Å². The minimum absolute atomic E-state index is 0.0192. The molecule has 1 aromatic rings. The average molecular weight is 464 g/mol. The molecule has 0 atom stereocenters. The number of ketones is 1. The van der Waals surface area contributed by atoms with Gasteiger partial charge in [-0.2, -0.15) is 4.39 Å². The van der Waals surface area contributed by atoms with Crippen molar-refractivity contribution in [2.75, 3.05) is 33.3 Å². The van der Waals surface area contributed by atoms with Crippen LogP contribution in [0, 0.1) is 11.6 Å². The molecule has 1 saturated heterocycles. The third-order valence-electron chi connectivity index (χ3n) is 7.25. The van der Waals surface area contributed by atoms with Crippen molar-refractivity contribution >= 4 is 12.2 Å². The number of nitrogens with zero attached hydrogens (tertiary/aromatic N) is 2. The highest BCUT2D eigenvalue weighted by molar-refractivity contribution is 5.94. The van der Waals surface area contributed by atoms with Crippen molar-refractivity contribution in [2.24, 2.45) is 0 Å². The number of nitrogens with one attached hydrogen (secondary N) is 1. The van der Waals surface area contributed by atoms with E-state index in [0.29, 0.717) is 25.1 Å². The molecule has 0 unspecified atom stereocenters. The number of likely N-dealkylation sites (tertiary alicyclic amines) is 1. The Morgan fingerprint density at radius 3 is 2.42 bits per heavy atom. The SMILES string of the molecule is CC(=O)/C(Cc1ccc(OCCN2CCCCC2)c(F)c1F)=C(\C)C1(N(C)NC=O)CCC1. The standard InChI is InChI=1S/C25H35F2N3O3/c1-18(25(10-7-11-25)29(3)28-17-31)21(19(2)32)16-20-8-9-22(24(27)23(20)26)33-15-14-30-12-5-4-6-13-30/h8-9,17H,4-7,10-16H2,1-3H3,(H,28,31)/b21-18+. The molecule has 182 valence electrons. The molecule has 0 bridgehead atoms. The summed E-state index contributed by atoms with van der Waals surface area (Å²) in [5.41, 5.74) is 3.49. The van der Waals surface area contributed by atoms with Crippen LogP contribution in [-0.4, -0.2) is 60.9 Å². The monoisotopic (exact) mass is 463 g/mol. The van der Waals surface area contributed by atoms with Gasteiger partial charge in [0.1, 0.15) is 6.61 Å². The lowest BCUT2D eigenvalue weighted by molar-refractivity contribution is -0.116. The second-order valence-electron chi connectivity index (χ2n) is 9.13. The number of piperidine rings is 1. The molecule has 2 fully saturated rings. The third-order valence-corrected chi connectivity index (χ3v) is 7.25. The smallest absolute Gasteiger partial charge is 0.221 e. The maximum Gasteiger partial charge on any atom is 0.221 e. The second-order valence-corrected chi connectivity index (χ2v) is 9.13. The van der Waals surface area contributed by atoms with E-state index in [-0.39, 0.29) is 23.5 Å². The topological polar surface area (TPSA) is 61.9 Å². The predicted octanol–water partition coefficient (Wildman–Crippen LogP) is 3.79. The molecule has 1 saturated carbocycles. The number of hydrogen-bond donors (Lipinski definition) is 1. The number of rotatable bonds is 11. The Morgan fingerprint density at radius 1 is 1.15 bits per heavy atom. The number of carbonyl (C=O) groups excluding carboxylic acids is 2. The van der Waals surface area contributed by atoms with Gasteiger partial charge >= 0.3 is 0 Å². The Morgan fingerprint density at radius 2 is 1.85 bits per heavy atom. The van der Waals surface area contributed by atoms with E-state index >= 15 is 0 Å². The molecule has 1 heterocycles. The van der Waals surface area contributed by atoms with E-state index in [4.69, 9.17) is 4.74 Å². The van der Waals surface area contributed by atoms with Gasteiger partial charge in [-0.15, -0.1) is 0 Å². The van der Waals surface area contributed by atoms with Gasteiger partial charge in [-0.1, -0.05) is 12.5 Å². The molecule has 1 amide bonds. The second kappa shape index (κ2) is 11.2. The Hall–Kier alpha value is -2.32. The van der Waals surface area contributed by atoms with Gasteiger partial charge in [0, 0.05) is 25.6 Å². The highest BCUT2D eigenvalue weighted by Crippen LogP contribution is 2.43. The van der Waals surface area contributed by atoms with Crippen LogP contribution in [-0.2, 0) is 16.0 Å². The fourth-order valence-electron chi connectivity index (χ4n) is 4.96. The molecule has 6 nitrogen and oxygen atoms in total. The summed E-state index contributed by atoms with van der Waals surface area (Å²) in [6.45, 7) is 6.28. The summed E-state index contributed by atoms with van der Waals surface area (Å²) in [4.78, 5) is 25.7. The van der Waals surface area contributed by atoms with Crippen LogP contribution in [0.5, 0.6) is 5.75 Å². The summed E-state index contributed by atoms with van der Waals surface area (Å²) in [6, 6.07) is 2.93. The lowest BCUT2D eigenvalue weighted by Crippen LogP contribution is -2.58. The first-order chi connectivity index (χ1) is 15.8. The van der Waals surface area contributed by atoms with Crippen molar-refractivity contribution in [1.82, 2.24) is 15.3 Å². The van der Waals surface area contributed by atoms with E-state index < -0.39 is 17.2 Å². The van der Waals surface area contributed by atoms with Crippen LogP contribution < -0.4 is 10.2 Å². The fraction of sp³-hybridized carbons (Fsp3) is 0.600. The van der Waals surface area contributed by atoms with E-state index in [1.807, 2.05) is 6.92 Å². The van der Waals surface area contributed by atoms with Gasteiger partial charge in [0.25, 0.3) is 0 Å². The van der Waals surface area contributed by atoms with E-state index in [1.165, 1.54) is 25.5 Å². The molecular formula is C25H35F2N3O3. The zero-order valence-electron chi connectivity index (χ0n) is 19.9. The van der Waals surface area contributed by atoms with Gasteiger partial charge in [0.2, 0.25) is 12.2 Å². The Balaban J connectivity index is 1.76. The van der Waals surface area contributed by atoms with Crippen LogP contribution in [0.2, 0.25) is 0 Å². The van der Waals surface area contributed by atoms with Crippen molar-refractivity contribution in [3.8, 4) is 5.75 Å². The Labute approximate surface area is 194 Å². The fourth-order valence-corrected chi connectivity index (χ4v) is 4.96. The zero-order chi connectivity index (χ0) is 24.0. The van der Waals surface area contributed by atoms with Gasteiger partial charge in [-0.3, -0.25) is 19.9 Å². The van der Waals surface area contributed by atoms with Crippen molar-refractivity contribution in [3.05, 3.63) is 40.5 Å². The Bertz CT molecular complexity index is 893. The van der Waals surface area contributed by atoms with Crippen LogP contribution in [0.15, 0.2) is 23.3 Å². The number of Topliss-reactive ketones (excluding diaryl/α,β-unsaturated/α-hetero) is 1. The van der Waals surface area contributed by atoms with Crippen molar-refractivity contribution in [1.29, 1.82) is 0 Å². The quantitative estimate of drug-likeness (QED) is 0.307. The van der Waals surface area contributed by atoms with E-state index in [0.717, 1.165) is 50.8 Å². The summed E-state index contributed by atoms with van der Waals surface area (Å²) in [5.74, 6) is -2.31. The van der Waals surface area contributed by atoms with Gasteiger partial charge in [-0.05, 0) is 76.2 Å². The highest BCUT2D eigenvalue weighted by atomic mass is 19.2. The molecule has 1 aromatic carbocycles. The maximum atomic E-state index is 14.9. The molecule has 33 heavy (non-hydrogen) atoms. The number of ether oxygens (including phenoxy) is 1. The number of hydrogen-bond acceptors (Lipinski definition) is 5. The van der Waals surface area contributed by atoms with Crippen molar-refractivity contribution < 1.29 is 23.1 Å². The number of benzene rings is 1. The normalized spacial score (nSPS) is 19.0. The maximum absolute atomic E-state index is 14.9. The van der Waals surface area contributed by atoms with Gasteiger partial charge in [0.05, 0.1) is 5.54 Å². The third kappa shape index (κ3) is 5.61. The largest absolute Gasteiger partial charge is 0.489 e. The number of allylic oxidation sites excluding steroid dienone is 1. The summed E-state index contributed by atoms with van der Waals surface area (Å²) >= 11 is 0. The first kappa shape index (κ1) is 25.3. The summed E-state index contributed by atoms with van der Waals surface area (Å²) in [7, 11) is 1.76. The molecule has 0 spiro atoms. The number of carbonyl (C=O) groups is 2. The van der Waals surface area contributed by atoms with Crippen LogP contribution in [0.1, 0.15) is 57.9 Å². The molecule has 0 aromatic heterocycles. The predicted molar refractivity (Wildman–Crippen MR) is 123 cm³/mol. The van der Waals surface area contributed by atoms with Crippen molar-refractivity contribution in [3.63, 3.8) is 0 Å². The zero-order valence-corrected chi connectivity index (χ0v) is 19.9. The Kier molecular flexibility index (Phi) is 8.59. The van der Waals surface area contributed by atoms with Crippen LogP contribution in [0.25, 0.3) is 0 Å². The lowest BCUT2D eigenvalue weighted by Gasteiger charge is -2.49. The first-order valence-corrected chi connectivity index (χ1v) is 11.8. The number of amides is 1. The molecule has 1 aliphatic carbocycles. The minimum atomic E-state index is -1.02. The molecule has 3 rings (SSSR count). The molecule has 1 aliphatic heterocycles. The van der Waals surface area contributed by atoms with Gasteiger partial charge in [0.15, 0.2) is 17.3 Å². The van der Waals surface area contributed by atoms with E-state index in [1.54, 1.807) is 12.1 Å². The molecule has 2 aliphatic rings. The summed E-state index contributed by atoms with van der Waals surface area (Å²) < 4.78 is 35.2. The van der Waals surface area contributed by atoms with Crippen LogP contribution in [0.4, 0.5) is 8.78 Å². The highest BCUT2D eigenvalue weighted by Gasteiger charge is 2.44. The van der Waals surface area contributed by atoms with E-state index in [2.05, 4.69) is 10.3 Å². The molecule has 8 heteroatoms. The average Bonchev–Trinajstić information content (AvgIpc) is 2.76. The summed E-state index contributed by atoms with van der Waals surface area (Å²) in [6.07, 6.45) is 6.63. The number of halogens is 2. The first-order valence-electron chi connectivity index (χ1n) is 11.8. The van der Waals surface area contributed by atoms with Crippen LogP contribution >= 0.6 is 0 Å². The van der Waals surface area contributed by atoms with Gasteiger partial charge in [-0.25, -0.2) is 9.40 Å². The number of likely N-dealkylation sites (N-methyl/N-ethyl adjacent to an activating group) is 1. The molecular weight excluding hydrogens is 428 g/mol. The molecule has 0 radical (unpaired) electrons. The summed E-state index contributed by atoms with van der Waals surface area (Å²) in [5, 5.41) is 1.71. The number of hydrazine groups is 1. The minimum Gasteiger partial charge on any atom is -0.489 e. The van der Waals surface area contributed by atoms with E-state index in [9.17, 15) is 18.4 Å². The molecule has 1 N–H and O–H groups in total. The van der Waals surface area contributed by atoms with Crippen molar-refractivity contribution in [2.45, 2.75) is 64.3 Å². The lowest BCUT2D eigenvalue weighted by atomic mass is 9.69. The van der Waals surface area contributed by atoms with Crippen LogP contribution in [0.3, 0.4) is 0 Å².